The Morgan fingerprint density at radius 3 is 1.88 bits per heavy atom. The smallest absolute Gasteiger partial charge is 0.303 e. The first kappa shape index (κ1) is 31.5. The minimum atomic E-state index is -0.860. The quantitative estimate of drug-likeness (QED) is 0.115. The maximum atomic E-state index is 13.5. The van der Waals surface area contributed by atoms with E-state index in [-0.39, 0.29) is 18.9 Å². The molecule has 0 aliphatic rings. The third-order valence-electron chi connectivity index (χ3n) is 7.88. The Bertz CT molecular complexity index is 1480. The molecule has 43 heavy (non-hydrogen) atoms. The molecule has 0 saturated heterocycles. The van der Waals surface area contributed by atoms with E-state index in [4.69, 9.17) is 9.84 Å². The maximum absolute atomic E-state index is 13.5. The van der Waals surface area contributed by atoms with Gasteiger partial charge >= 0.3 is 5.97 Å². The van der Waals surface area contributed by atoms with Crippen molar-refractivity contribution in [3.63, 3.8) is 0 Å². The van der Waals surface area contributed by atoms with Gasteiger partial charge in [-0.25, -0.2) is 4.48 Å². The van der Waals surface area contributed by atoms with Gasteiger partial charge < -0.3 is 15.2 Å². The van der Waals surface area contributed by atoms with Crippen molar-refractivity contribution in [2.75, 3.05) is 19.0 Å². The third-order valence-corrected chi connectivity index (χ3v) is 7.88. The normalized spacial score (nSPS) is 11.3. The average molecular weight is 580 g/mol. The van der Waals surface area contributed by atoms with Gasteiger partial charge in [0.2, 0.25) is 0 Å². The van der Waals surface area contributed by atoms with Crippen LogP contribution in [-0.4, -0.2) is 30.6 Å². The lowest BCUT2D eigenvalue weighted by Crippen LogP contribution is -2.34. The molecule has 0 unspecified atom stereocenters. The van der Waals surface area contributed by atoms with Crippen molar-refractivity contribution in [2.24, 2.45) is 0 Å². The van der Waals surface area contributed by atoms with Gasteiger partial charge in [-0.3, -0.25) is 9.59 Å². The summed E-state index contributed by atoms with van der Waals surface area (Å²) < 4.78 is 6.25. The lowest BCUT2D eigenvalue weighted by molar-refractivity contribution is -0.137. The molecule has 6 nitrogen and oxygen atoms in total. The average Bonchev–Trinajstić information content (AvgIpc) is 3.00. The third kappa shape index (κ3) is 7.70. The Balaban J connectivity index is 1.64. The SMILES string of the molecule is CCCc1ccc([N+](C)(c2ccc(CCC)cc2)c2ccc(C(=O)Nc3ccccc3OCCCC(=O)O)c(C)c2)cc1. The Kier molecular flexibility index (Phi) is 10.7. The molecule has 0 spiro atoms. The lowest BCUT2D eigenvalue weighted by atomic mass is 10.0. The first-order valence-corrected chi connectivity index (χ1v) is 15.2. The fraction of sp³-hybridized carbons (Fsp3) is 0.297. The summed E-state index contributed by atoms with van der Waals surface area (Å²) in [6.07, 6.45) is 4.73. The second kappa shape index (κ2) is 14.7. The number of aliphatic carboxylic acids is 1. The van der Waals surface area contributed by atoms with Crippen molar-refractivity contribution in [3.05, 3.63) is 113 Å². The predicted octanol–water partition coefficient (Wildman–Crippen LogP) is 9.00. The summed E-state index contributed by atoms with van der Waals surface area (Å²) in [4.78, 5) is 24.3. The molecule has 0 saturated carbocycles. The summed E-state index contributed by atoms with van der Waals surface area (Å²) in [5, 5.41) is 11.9. The first-order chi connectivity index (χ1) is 20.8. The topological polar surface area (TPSA) is 75.6 Å². The number of rotatable bonds is 14. The van der Waals surface area contributed by atoms with Crippen molar-refractivity contribution < 1.29 is 19.4 Å². The zero-order valence-corrected chi connectivity index (χ0v) is 25.7. The molecule has 0 heterocycles. The molecule has 0 atom stereocenters. The van der Waals surface area contributed by atoms with Gasteiger partial charge in [-0.2, -0.15) is 0 Å². The van der Waals surface area contributed by atoms with Gasteiger partial charge in [0.05, 0.1) is 19.3 Å². The highest BCUT2D eigenvalue weighted by molar-refractivity contribution is 6.06. The minimum absolute atomic E-state index is 0.0310. The van der Waals surface area contributed by atoms with Crippen LogP contribution < -0.4 is 14.5 Å². The molecule has 0 aromatic heterocycles. The van der Waals surface area contributed by atoms with Gasteiger partial charge in [-0.1, -0.05) is 63.1 Å². The van der Waals surface area contributed by atoms with Crippen LogP contribution in [0.15, 0.2) is 91.0 Å². The number of hydrogen-bond donors (Lipinski definition) is 2. The van der Waals surface area contributed by atoms with E-state index in [0.717, 1.165) is 48.3 Å². The Morgan fingerprint density at radius 2 is 1.35 bits per heavy atom. The number of carboxylic acids is 1. The number of anilines is 1. The number of ether oxygens (including phenoxy) is 1. The van der Waals surface area contributed by atoms with Crippen LogP contribution in [0.4, 0.5) is 22.7 Å². The summed E-state index contributed by atoms with van der Waals surface area (Å²) in [5.41, 5.74) is 7.99. The predicted molar refractivity (Wildman–Crippen MR) is 176 cm³/mol. The van der Waals surface area contributed by atoms with Crippen molar-refractivity contribution in [2.45, 2.75) is 59.3 Å². The lowest BCUT2D eigenvalue weighted by Gasteiger charge is -2.34. The number of nitrogens with zero attached hydrogens (tertiary/aromatic N) is 1. The minimum Gasteiger partial charge on any atom is -0.491 e. The van der Waals surface area contributed by atoms with Crippen LogP contribution >= 0.6 is 0 Å². The molecule has 0 aliphatic heterocycles. The highest BCUT2D eigenvalue weighted by Gasteiger charge is 2.32. The molecule has 4 rings (SSSR count). The van der Waals surface area contributed by atoms with Gasteiger partial charge in [-0.05, 0) is 61.1 Å². The number of carbonyl (C=O) groups is 2. The molecule has 0 radical (unpaired) electrons. The van der Waals surface area contributed by atoms with Crippen molar-refractivity contribution in [1.82, 2.24) is 4.48 Å². The number of para-hydroxylation sites is 2. The van der Waals surface area contributed by atoms with E-state index in [1.54, 1.807) is 12.1 Å². The molecular weight excluding hydrogens is 536 g/mol. The summed E-state index contributed by atoms with van der Waals surface area (Å²) in [6, 6.07) is 31.0. The van der Waals surface area contributed by atoms with Gasteiger partial charge in [0.15, 0.2) is 0 Å². The zero-order chi connectivity index (χ0) is 30.8. The van der Waals surface area contributed by atoms with Crippen LogP contribution in [0.2, 0.25) is 0 Å². The second-order valence-electron chi connectivity index (χ2n) is 11.1. The fourth-order valence-corrected chi connectivity index (χ4v) is 5.42. The number of benzene rings is 4. The largest absolute Gasteiger partial charge is 0.491 e. The molecule has 2 N–H and O–H groups in total. The molecule has 1 amide bonds. The molecular formula is C37H43N2O4+. The summed E-state index contributed by atoms with van der Waals surface area (Å²) in [7, 11) is 2.20. The summed E-state index contributed by atoms with van der Waals surface area (Å²) >= 11 is 0. The van der Waals surface area contributed by atoms with Crippen LogP contribution in [0, 0.1) is 6.92 Å². The molecule has 0 aliphatic carbocycles. The number of quaternary nitrogens is 1. The molecule has 0 fully saturated rings. The van der Waals surface area contributed by atoms with Crippen LogP contribution in [-0.2, 0) is 17.6 Å². The molecule has 4 aromatic carbocycles. The number of amides is 1. The second-order valence-corrected chi connectivity index (χ2v) is 11.1. The maximum Gasteiger partial charge on any atom is 0.303 e. The summed E-state index contributed by atoms with van der Waals surface area (Å²) in [6.45, 7) is 6.61. The fourth-order valence-electron chi connectivity index (χ4n) is 5.42. The van der Waals surface area contributed by atoms with Crippen LogP contribution in [0.25, 0.3) is 0 Å². The van der Waals surface area contributed by atoms with Gasteiger partial charge in [0, 0.05) is 48.4 Å². The summed E-state index contributed by atoms with van der Waals surface area (Å²) in [5.74, 6) is -0.577. The molecule has 6 heteroatoms. The highest BCUT2D eigenvalue weighted by Crippen LogP contribution is 2.43. The Morgan fingerprint density at radius 1 is 0.791 bits per heavy atom. The molecule has 0 bridgehead atoms. The van der Waals surface area contributed by atoms with Gasteiger partial charge in [-0.15, -0.1) is 0 Å². The van der Waals surface area contributed by atoms with E-state index < -0.39 is 5.97 Å². The van der Waals surface area contributed by atoms with Crippen LogP contribution in [0.3, 0.4) is 0 Å². The van der Waals surface area contributed by atoms with E-state index >= 15 is 0 Å². The van der Waals surface area contributed by atoms with Crippen LogP contribution in [0.1, 0.15) is 66.6 Å². The Labute approximate surface area is 255 Å². The van der Waals surface area contributed by atoms with E-state index in [2.05, 4.69) is 80.8 Å². The van der Waals surface area contributed by atoms with Crippen LogP contribution in [0.5, 0.6) is 5.75 Å². The van der Waals surface area contributed by atoms with Crippen molar-refractivity contribution in [1.29, 1.82) is 0 Å². The van der Waals surface area contributed by atoms with E-state index in [0.29, 0.717) is 27.9 Å². The number of carbonyl (C=O) groups excluding carboxylic acids is 1. The van der Waals surface area contributed by atoms with E-state index in [9.17, 15) is 9.59 Å². The van der Waals surface area contributed by atoms with Gasteiger partial charge in [0.1, 0.15) is 22.8 Å². The number of aryl methyl sites for hydroxylation is 3. The highest BCUT2D eigenvalue weighted by atomic mass is 16.5. The number of carboxylic acid groups (broad SMARTS) is 1. The monoisotopic (exact) mass is 579 g/mol. The standard InChI is InChI=1S/C37H42N2O4/c1-5-10-28-15-19-30(20-16-28)39(4,31-21-17-29(11-6-2)18-22-31)32-23-24-33(27(3)26-32)37(42)38-34-12-7-8-13-35(34)43-25-9-14-36(40)41/h7-8,12-13,15-24,26H,5-6,9-11,14,25H2,1-4H3,(H-,38,40,41,42)/p+1. The number of nitrogens with one attached hydrogen (secondary N) is 1. The molecule has 224 valence electrons. The first-order valence-electron chi connectivity index (χ1n) is 15.2. The van der Waals surface area contributed by atoms with Crippen molar-refractivity contribution in [3.8, 4) is 5.75 Å². The van der Waals surface area contributed by atoms with Crippen molar-refractivity contribution >= 4 is 34.6 Å². The van der Waals surface area contributed by atoms with E-state index in [1.165, 1.54) is 11.1 Å². The zero-order valence-electron chi connectivity index (χ0n) is 25.7. The number of hydrogen-bond acceptors (Lipinski definition) is 3. The Hall–Kier alpha value is -4.42. The van der Waals surface area contributed by atoms with E-state index in [1.807, 2.05) is 31.2 Å². The van der Waals surface area contributed by atoms with Gasteiger partial charge in [0.25, 0.3) is 5.91 Å². The molecule has 4 aromatic rings.